The smallest absolute Gasteiger partial charge is 0.156 e. The summed E-state index contributed by atoms with van der Waals surface area (Å²) in [5.74, 6) is 0.220. The Bertz CT molecular complexity index is 461. The number of hydrogen-bond acceptors (Lipinski definition) is 4. The third-order valence-electron chi connectivity index (χ3n) is 3.07. The summed E-state index contributed by atoms with van der Waals surface area (Å²) < 4.78 is 23.7. The van der Waals surface area contributed by atoms with Gasteiger partial charge in [-0.2, -0.15) is 0 Å². The summed E-state index contributed by atoms with van der Waals surface area (Å²) in [5.41, 5.74) is 0.748. The highest BCUT2D eigenvalue weighted by molar-refractivity contribution is 7.92. The standard InChI is InChI=1S/C11H16O3S2/c1-8-6-9(7-15-8)11(12)10-4-2-3-5-16(10,13)14/h6-7,10-12H,2-5H2,1H3. The van der Waals surface area contributed by atoms with E-state index < -0.39 is 21.2 Å². The van der Waals surface area contributed by atoms with E-state index in [0.717, 1.165) is 23.3 Å². The average Bonchev–Trinajstić information content (AvgIpc) is 2.63. The van der Waals surface area contributed by atoms with Gasteiger partial charge >= 0.3 is 0 Å². The van der Waals surface area contributed by atoms with Crippen molar-refractivity contribution in [2.75, 3.05) is 5.75 Å². The number of aryl methyl sites for hydroxylation is 1. The molecule has 0 radical (unpaired) electrons. The molecule has 2 atom stereocenters. The van der Waals surface area contributed by atoms with E-state index in [4.69, 9.17) is 0 Å². The summed E-state index contributed by atoms with van der Waals surface area (Å²) in [7, 11) is -3.11. The van der Waals surface area contributed by atoms with Crippen LogP contribution in [0.15, 0.2) is 11.4 Å². The molecule has 1 aliphatic heterocycles. The Labute approximate surface area is 100 Å². The largest absolute Gasteiger partial charge is 0.387 e. The van der Waals surface area contributed by atoms with Crippen molar-refractivity contribution in [3.8, 4) is 0 Å². The van der Waals surface area contributed by atoms with Crippen LogP contribution < -0.4 is 0 Å². The molecule has 1 fully saturated rings. The zero-order valence-corrected chi connectivity index (χ0v) is 10.9. The van der Waals surface area contributed by atoms with Crippen LogP contribution in [0.2, 0.25) is 0 Å². The molecule has 2 heterocycles. The van der Waals surface area contributed by atoms with E-state index in [2.05, 4.69) is 0 Å². The fraction of sp³-hybridized carbons (Fsp3) is 0.636. The SMILES string of the molecule is Cc1cc(C(O)C2CCCCS2(=O)=O)cs1. The quantitative estimate of drug-likeness (QED) is 0.885. The molecule has 0 saturated carbocycles. The summed E-state index contributed by atoms with van der Waals surface area (Å²) >= 11 is 1.54. The minimum Gasteiger partial charge on any atom is -0.387 e. The topological polar surface area (TPSA) is 54.4 Å². The van der Waals surface area contributed by atoms with Gasteiger partial charge in [0.1, 0.15) is 0 Å². The van der Waals surface area contributed by atoms with E-state index in [1.165, 1.54) is 0 Å². The lowest BCUT2D eigenvalue weighted by Gasteiger charge is -2.26. The Hall–Kier alpha value is -0.390. The van der Waals surface area contributed by atoms with Gasteiger partial charge in [-0.1, -0.05) is 6.42 Å². The van der Waals surface area contributed by atoms with Crippen molar-refractivity contribution in [3.05, 3.63) is 21.9 Å². The molecule has 1 N–H and O–H groups in total. The molecule has 1 saturated heterocycles. The summed E-state index contributed by atoms with van der Waals surface area (Å²) in [5, 5.41) is 11.4. The molecule has 0 spiro atoms. The van der Waals surface area contributed by atoms with Crippen LogP contribution in [0.25, 0.3) is 0 Å². The van der Waals surface area contributed by atoms with Gasteiger partial charge < -0.3 is 5.11 Å². The van der Waals surface area contributed by atoms with E-state index in [1.807, 2.05) is 18.4 Å². The summed E-state index contributed by atoms with van der Waals surface area (Å²) in [6.07, 6.45) is 1.35. The third-order valence-corrected chi connectivity index (χ3v) is 6.23. The first-order chi connectivity index (χ1) is 7.50. The van der Waals surface area contributed by atoms with Crippen LogP contribution in [0.1, 0.15) is 35.8 Å². The lowest BCUT2D eigenvalue weighted by Crippen LogP contribution is -2.33. The van der Waals surface area contributed by atoms with Crippen LogP contribution in [0, 0.1) is 6.92 Å². The van der Waals surface area contributed by atoms with Gasteiger partial charge in [-0.25, -0.2) is 8.42 Å². The molecule has 1 aromatic rings. The molecule has 0 bridgehead atoms. The van der Waals surface area contributed by atoms with E-state index in [0.29, 0.717) is 6.42 Å². The molecule has 0 aromatic carbocycles. The zero-order chi connectivity index (χ0) is 11.8. The molecule has 16 heavy (non-hydrogen) atoms. The highest BCUT2D eigenvalue weighted by Crippen LogP contribution is 2.32. The minimum absolute atomic E-state index is 0.220. The molecular formula is C11H16O3S2. The fourth-order valence-corrected chi connectivity index (χ4v) is 4.89. The van der Waals surface area contributed by atoms with Gasteiger partial charge in [-0.3, -0.25) is 0 Å². The van der Waals surface area contributed by atoms with E-state index in [-0.39, 0.29) is 5.75 Å². The number of thiophene rings is 1. The van der Waals surface area contributed by atoms with Gasteiger partial charge in [-0.05, 0) is 36.8 Å². The van der Waals surface area contributed by atoms with Crippen molar-refractivity contribution in [2.45, 2.75) is 37.5 Å². The van der Waals surface area contributed by atoms with Gasteiger partial charge in [0, 0.05) is 4.88 Å². The van der Waals surface area contributed by atoms with Gasteiger partial charge in [-0.15, -0.1) is 11.3 Å². The molecule has 2 rings (SSSR count). The number of aliphatic hydroxyl groups excluding tert-OH is 1. The van der Waals surface area contributed by atoms with Gasteiger partial charge in [0.15, 0.2) is 9.84 Å². The zero-order valence-electron chi connectivity index (χ0n) is 9.22. The number of aliphatic hydroxyl groups is 1. The second kappa shape index (κ2) is 4.47. The lowest BCUT2D eigenvalue weighted by atomic mass is 10.0. The molecular weight excluding hydrogens is 244 g/mol. The number of hydrogen-bond donors (Lipinski definition) is 1. The van der Waals surface area contributed by atoms with Crippen LogP contribution >= 0.6 is 11.3 Å². The maximum absolute atomic E-state index is 11.8. The molecule has 90 valence electrons. The minimum atomic E-state index is -3.11. The maximum atomic E-state index is 11.8. The second-order valence-corrected chi connectivity index (χ2v) is 7.79. The molecule has 0 amide bonds. The van der Waals surface area contributed by atoms with Crippen molar-refractivity contribution in [1.82, 2.24) is 0 Å². The first kappa shape index (κ1) is 12.1. The predicted octanol–water partition coefficient (Wildman–Crippen LogP) is 2.06. The third kappa shape index (κ3) is 2.31. The van der Waals surface area contributed by atoms with Crippen molar-refractivity contribution in [1.29, 1.82) is 0 Å². The molecule has 1 aliphatic rings. The number of sulfone groups is 1. The molecule has 3 nitrogen and oxygen atoms in total. The highest BCUT2D eigenvalue weighted by atomic mass is 32.2. The van der Waals surface area contributed by atoms with Gasteiger partial charge in [0.25, 0.3) is 0 Å². The normalized spacial score (nSPS) is 26.5. The molecule has 0 aliphatic carbocycles. The monoisotopic (exact) mass is 260 g/mol. The summed E-state index contributed by atoms with van der Waals surface area (Å²) in [4.78, 5) is 1.10. The van der Waals surface area contributed by atoms with E-state index in [1.54, 1.807) is 11.3 Å². The Morgan fingerprint density at radius 2 is 2.25 bits per heavy atom. The van der Waals surface area contributed by atoms with Crippen LogP contribution in [0.3, 0.4) is 0 Å². The van der Waals surface area contributed by atoms with Gasteiger partial charge in [0.05, 0.1) is 17.1 Å². The maximum Gasteiger partial charge on any atom is 0.156 e. The Morgan fingerprint density at radius 3 is 2.81 bits per heavy atom. The first-order valence-electron chi connectivity index (χ1n) is 5.45. The summed E-state index contributed by atoms with van der Waals surface area (Å²) in [6.45, 7) is 1.95. The van der Waals surface area contributed by atoms with Crippen molar-refractivity contribution in [2.24, 2.45) is 0 Å². The van der Waals surface area contributed by atoms with E-state index >= 15 is 0 Å². The highest BCUT2D eigenvalue weighted by Gasteiger charge is 2.35. The Balaban J connectivity index is 2.24. The second-order valence-electron chi connectivity index (χ2n) is 4.34. The molecule has 1 aromatic heterocycles. The van der Waals surface area contributed by atoms with Crippen molar-refractivity contribution >= 4 is 21.2 Å². The van der Waals surface area contributed by atoms with Crippen molar-refractivity contribution < 1.29 is 13.5 Å². The summed E-state index contributed by atoms with van der Waals surface area (Å²) in [6, 6.07) is 1.87. The van der Waals surface area contributed by atoms with Crippen LogP contribution in [0.5, 0.6) is 0 Å². The fourth-order valence-electron chi connectivity index (χ4n) is 2.17. The van der Waals surface area contributed by atoms with E-state index in [9.17, 15) is 13.5 Å². The first-order valence-corrected chi connectivity index (χ1v) is 8.05. The molecule has 2 unspecified atom stereocenters. The van der Waals surface area contributed by atoms with Crippen LogP contribution in [-0.2, 0) is 9.84 Å². The average molecular weight is 260 g/mol. The molecule has 5 heteroatoms. The van der Waals surface area contributed by atoms with Crippen molar-refractivity contribution in [3.63, 3.8) is 0 Å². The van der Waals surface area contributed by atoms with Crippen LogP contribution in [-0.4, -0.2) is 24.5 Å². The lowest BCUT2D eigenvalue weighted by molar-refractivity contribution is 0.165. The Morgan fingerprint density at radius 1 is 1.50 bits per heavy atom. The Kier molecular flexibility index (Phi) is 3.37. The van der Waals surface area contributed by atoms with Gasteiger partial charge in [0.2, 0.25) is 0 Å². The number of rotatable bonds is 2. The van der Waals surface area contributed by atoms with Crippen LogP contribution in [0.4, 0.5) is 0 Å². The predicted molar refractivity (Wildman–Crippen MR) is 65.4 cm³/mol.